The van der Waals surface area contributed by atoms with E-state index in [9.17, 15) is 4.79 Å². The number of amides is 1. The Morgan fingerprint density at radius 1 is 1.35 bits per heavy atom. The zero-order valence-corrected chi connectivity index (χ0v) is 11.5. The number of thiazole rings is 1. The van der Waals surface area contributed by atoms with Crippen molar-refractivity contribution in [1.82, 2.24) is 9.88 Å². The molecule has 1 fully saturated rings. The number of hydrogen-bond donors (Lipinski definition) is 0. The first-order valence-corrected chi connectivity index (χ1v) is 6.67. The minimum atomic E-state index is 0.0927. The van der Waals surface area contributed by atoms with Gasteiger partial charge in [0.15, 0.2) is 0 Å². The minimum absolute atomic E-state index is 0.0927. The van der Waals surface area contributed by atoms with E-state index in [0.717, 1.165) is 15.6 Å². The van der Waals surface area contributed by atoms with Gasteiger partial charge in [-0.25, -0.2) is 4.98 Å². The molecule has 0 unspecified atom stereocenters. The van der Waals surface area contributed by atoms with E-state index in [4.69, 9.17) is 4.74 Å². The van der Waals surface area contributed by atoms with Gasteiger partial charge in [-0.1, -0.05) is 0 Å². The molecule has 0 N–H and O–H groups in total. The molecule has 2 rings (SSSR count). The molecule has 0 radical (unpaired) electrons. The van der Waals surface area contributed by atoms with Crippen molar-refractivity contribution in [2.75, 3.05) is 13.1 Å². The highest BCUT2D eigenvalue weighted by molar-refractivity contribution is 7.13. The SMILES string of the molecule is Cc1nc(C)c(C(=O)N2C[C@@H](C)O[C@@H](C)C2)s1. The van der Waals surface area contributed by atoms with Crippen molar-refractivity contribution in [3.05, 3.63) is 15.6 Å². The Balaban J connectivity index is 2.17. The van der Waals surface area contributed by atoms with Crippen LogP contribution in [0.1, 0.15) is 34.2 Å². The number of aryl methyl sites for hydroxylation is 2. The molecule has 0 aromatic carbocycles. The molecule has 94 valence electrons. The standard InChI is InChI=1S/C12H18N2O2S/c1-7-5-14(6-8(2)16-7)12(15)11-9(3)13-10(4)17-11/h7-8H,5-6H2,1-4H3/t7-,8+. The van der Waals surface area contributed by atoms with E-state index in [-0.39, 0.29) is 18.1 Å². The fourth-order valence-corrected chi connectivity index (χ4v) is 3.10. The van der Waals surface area contributed by atoms with Crippen LogP contribution >= 0.6 is 11.3 Å². The van der Waals surface area contributed by atoms with Crippen LogP contribution in [0.15, 0.2) is 0 Å². The minimum Gasteiger partial charge on any atom is -0.372 e. The molecule has 1 saturated heterocycles. The van der Waals surface area contributed by atoms with Crippen molar-refractivity contribution in [3.8, 4) is 0 Å². The largest absolute Gasteiger partial charge is 0.372 e. The summed E-state index contributed by atoms with van der Waals surface area (Å²) in [6.07, 6.45) is 0.217. The lowest BCUT2D eigenvalue weighted by Crippen LogP contribution is -2.48. The number of aromatic nitrogens is 1. The van der Waals surface area contributed by atoms with Gasteiger partial charge in [0.05, 0.1) is 22.9 Å². The zero-order valence-electron chi connectivity index (χ0n) is 10.7. The Bertz CT molecular complexity index is 420. The summed E-state index contributed by atoms with van der Waals surface area (Å²) in [7, 11) is 0. The highest BCUT2D eigenvalue weighted by Crippen LogP contribution is 2.21. The molecule has 0 saturated carbocycles. The summed E-state index contributed by atoms with van der Waals surface area (Å²) >= 11 is 1.48. The van der Waals surface area contributed by atoms with E-state index in [1.54, 1.807) is 0 Å². The van der Waals surface area contributed by atoms with Gasteiger partial charge in [-0.2, -0.15) is 0 Å². The quantitative estimate of drug-likeness (QED) is 0.770. The number of carbonyl (C=O) groups is 1. The van der Waals surface area contributed by atoms with Crippen molar-refractivity contribution in [2.24, 2.45) is 0 Å². The predicted octanol–water partition coefficient (Wildman–Crippen LogP) is 2.01. The number of hydrogen-bond acceptors (Lipinski definition) is 4. The van der Waals surface area contributed by atoms with E-state index in [1.807, 2.05) is 32.6 Å². The van der Waals surface area contributed by atoms with Crippen LogP contribution < -0.4 is 0 Å². The lowest BCUT2D eigenvalue weighted by Gasteiger charge is -2.35. The number of nitrogens with zero attached hydrogens (tertiary/aromatic N) is 2. The van der Waals surface area contributed by atoms with E-state index in [2.05, 4.69) is 4.98 Å². The van der Waals surface area contributed by atoms with Crippen molar-refractivity contribution < 1.29 is 9.53 Å². The Kier molecular flexibility index (Phi) is 3.49. The fraction of sp³-hybridized carbons (Fsp3) is 0.667. The third kappa shape index (κ3) is 2.66. The Labute approximate surface area is 106 Å². The normalized spacial score (nSPS) is 25.1. The van der Waals surface area contributed by atoms with Crippen LogP contribution in [0.4, 0.5) is 0 Å². The highest BCUT2D eigenvalue weighted by atomic mass is 32.1. The molecule has 0 bridgehead atoms. The summed E-state index contributed by atoms with van der Waals surface area (Å²) in [6, 6.07) is 0. The first kappa shape index (κ1) is 12.5. The first-order chi connectivity index (χ1) is 7.97. The van der Waals surface area contributed by atoms with Gasteiger partial charge in [0.2, 0.25) is 0 Å². The van der Waals surface area contributed by atoms with Gasteiger partial charge in [-0.05, 0) is 27.7 Å². The Morgan fingerprint density at radius 2 is 1.94 bits per heavy atom. The summed E-state index contributed by atoms with van der Waals surface area (Å²) in [5.41, 5.74) is 0.837. The maximum Gasteiger partial charge on any atom is 0.266 e. The van der Waals surface area contributed by atoms with Gasteiger partial charge >= 0.3 is 0 Å². The van der Waals surface area contributed by atoms with Crippen LogP contribution in [0.5, 0.6) is 0 Å². The van der Waals surface area contributed by atoms with Gasteiger partial charge in [0.25, 0.3) is 5.91 Å². The number of morpholine rings is 1. The second-order valence-electron chi connectivity index (χ2n) is 4.61. The number of ether oxygens (including phenoxy) is 1. The molecule has 1 amide bonds. The zero-order chi connectivity index (χ0) is 12.6. The van der Waals surface area contributed by atoms with Gasteiger partial charge in [-0.3, -0.25) is 4.79 Å². The molecule has 0 spiro atoms. The predicted molar refractivity (Wildman–Crippen MR) is 67.5 cm³/mol. The molecule has 2 atom stereocenters. The molecular formula is C12H18N2O2S. The average Bonchev–Trinajstić information content (AvgIpc) is 2.55. The van der Waals surface area contributed by atoms with Crippen LogP contribution in [-0.2, 0) is 4.74 Å². The fourth-order valence-electron chi connectivity index (χ4n) is 2.22. The summed E-state index contributed by atoms with van der Waals surface area (Å²) in [5, 5.41) is 0.945. The summed E-state index contributed by atoms with van der Waals surface area (Å²) < 4.78 is 5.63. The van der Waals surface area contributed by atoms with Crippen LogP contribution in [0.2, 0.25) is 0 Å². The molecular weight excluding hydrogens is 236 g/mol. The van der Waals surface area contributed by atoms with Crippen molar-refractivity contribution in [3.63, 3.8) is 0 Å². The second-order valence-corrected chi connectivity index (χ2v) is 5.82. The Hall–Kier alpha value is -0.940. The molecule has 0 aliphatic carbocycles. The second kappa shape index (κ2) is 4.74. The van der Waals surface area contributed by atoms with Crippen LogP contribution in [0.3, 0.4) is 0 Å². The van der Waals surface area contributed by atoms with Crippen molar-refractivity contribution in [1.29, 1.82) is 0 Å². The summed E-state index contributed by atoms with van der Waals surface area (Å²) in [5.74, 6) is 0.0927. The highest BCUT2D eigenvalue weighted by Gasteiger charge is 2.28. The van der Waals surface area contributed by atoms with E-state index < -0.39 is 0 Å². The van der Waals surface area contributed by atoms with Gasteiger partial charge in [0.1, 0.15) is 4.88 Å². The average molecular weight is 254 g/mol. The van der Waals surface area contributed by atoms with Crippen molar-refractivity contribution in [2.45, 2.75) is 39.9 Å². The summed E-state index contributed by atoms with van der Waals surface area (Å²) in [6.45, 7) is 9.16. The van der Waals surface area contributed by atoms with E-state index >= 15 is 0 Å². The van der Waals surface area contributed by atoms with Gasteiger partial charge in [0, 0.05) is 13.1 Å². The van der Waals surface area contributed by atoms with Gasteiger partial charge in [-0.15, -0.1) is 11.3 Å². The van der Waals surface area contributed by atoms with E-state index in [1.165, 1.54) is 11.3 Å². The lowest BCUT2D eigenvalue weighted by atomic mass is 10.2. The smallest absolute Gasteiger partial charge is 0.266 e. The van der Waals surface area contributed by atoms with Gasteiger partial charge < -0.3 is 9.64 Å². The maximum atomic E-state index is 12.4. The molecule has 1 aromatic heterocycles. The summed E-state index contributed by atoms with van der Waals surface area (Å²) in [4.78, 5) is 19.3. The maximum absolute atomic E-state index is 12.4. The number of carbonyl (C=O) groups excluding carboxylic acids is 1. The van der Waals surface area contributed by atoms with Crippen LogP contribution in [0, 0.1) is 13.8 Å². The lowest BCUT2D eigenvalue weighted by molar-refractivity contribution is -0.0585. The first-order valence-electron chi connectivity index (χ1n) is 5.86. The molecule has 1 aromatic rings. The van der Waals surface area contributed by atoms with Crippen LogP contribution in [0.25, 0.3) is 0 Å². The molecule has 5 heteroatoms. The van der Waals surface area contributed by atoms with Crippen LogP contribution in [-0.4, -0.2) is 41.1 Å². The third-order valence-corrected chi connectivity index (χ3v) is 3.87. The third-order valence-electron chi connectivity index (χ3n) is 2.80. The Morgan fingerprint density at radius 3 is 2.41 bits per heavy atom. The number of rotatable bonds is 1. The monoisotopic (exact) mass is 254 g/mol. The molecule has 1 aliphatic rings. The molecule has 17 heavy (non-hydrogen) atoms. The van der Waals surface area contributed by atoms with Crippen molar-refractivity contribution >= 4 is 17.2 Å². The molecule has 4 nitrogen and oxygen atoms in total. The molecule has 2 heterocycles. The topological polar surface area (TPSA) is 42.4 Å². The van der Waals surface area contributed by atoms with E-state index in [0.29, 0.717) is 13.1 Å². The molecule has 1 aliphatic heterocycles.